The molecule has 136 valence electrons. The van der Waals surface area contributed by atoms with Crippen molar-refractivity contribution in [1.29, 1.82) is 0 Å². The van der Waals surface area contributed by atoms with Gasteiger partial charge < -0.3 is 0 Å². The van der Waals surface area contributed by atoms with Crippen LogP contribution < -0.4 is 0 Å². The van der Waals surface area contributed by atoms with E-state index >= 15 is 0 Å². The van der Waals surface area contributed by atoms with Crippen LogP contribution in [0.15, 0.2) is 84.9 Å². The fraction of sp³-hybridized carbons (Fsp3) is 0. The highest BCUT2D eigenvalue weighted by atomic mass is 32.1. The molecule has 0 amide bonds. The Morgan fingerprint density at radius 3 is 1.41 bits per heavy atom. The summed E-state index contributed by atoms with van der Waals surface area (Å²) in [4.78, 5) is 0. The van der Waals surface area contributed by atoms with Crippen LogP contribution in [0.3, 0.4) is 0 Å². The van der Waals surface area contributed by atoms with Gasteiger partial charge in [-0.25, -0.2) is 0 Å². The number of benzene rings is 4. The summed E-state index contributed by atoms with van der Waals surface area (Å²) in [6.45, 7) is 0. The predicted molar refractivity (Wildman–Crippen MR) is 119 cm³/mol. The third kappa shape index (κ3) is 2.67. The molecular weight excluding hydrogens is 376 g/mol. The molecular formula is C24H14N4S. The van der Waals surface area contributed by atoms with Gasteiger partial charge in [-0.15, -0.1) is 10.2 Å². The summed E-state index contributed by atoms with van der Waals surface area (Å²) in [6.07, 6.45) is 0. The van der Waals surface area contributed by atoms with Crippen molar-refractivity contribution in [3.63, 3.8) is 0 Å². The van der Waals surface area contributed by atoms with Gasteiger partial charge in [0.25, 0.3) is 0 Å². The van der Waals surface area contributed by atoms with E-state index in [0.29, 0.717) is 0 Å². The van der Waals surface area contributed by atoms with Crippen LogP contribution >= 0.6 is 11.7 Å². The number of hydrogen-bond acceptors (Lipinski definition) is 5. The van der Waals surface area contributed by atoms with E-state index in [9.17, 15) is 0 Å². The first-order valence-electron chi connectivity index (χ1n) is 9.34. The average molecular weight is 390 g/mol. The summed E-state index contributed by atoms with van der Waals surface area (Å²) >= 11 is 1.20. The molecule has 0 aliphatic rings. The minimum Gasteiger partial charge on any atom is -0.170 e. The van der Waals surface area contributed by atoms with E-state index in [0.717, 1.165) is 33.5 Å². The third-order valence-electron chi connectivity index (χ3n) is 5.23. The lowest BCUT2D eigenvalue weighted by molar-refractivity contribution is 1.06. The molecule has 0 aliphatic carbocycles. The molecule has 0 unspecified atom stereocenters. The second-order valence-corrected chi connectivity index (χ2v) is 7.51. The van der Waals surface area contributed by atoms with Crippen LogP contribution in [0.25, 0.3) is 55.1 Å². The zero-order valence-corrected chi connectivity index (χ0v) is 16.1. The van der Waals surface area contributed by atoms with Gasteiger partial charge in [0.1, 0.15) is 22.4 Å². The van der Waals surface area contributed by atoms with Crippen LogP contribution in [-0.4, -0.2) is 18.9 Å². The van der Waals surface area contributed by atoms with E-state index in [2.05, 4.69) is 79.6 Å². The Kier molecular flexibility index (Phi) is 3.61. The zero-order valence-electron chi connectivity index (χ0n) is 15.3. The molecule has 2 aromatic heterocycles. The Morgan fingerprint density at radius 1 is 0.483 bits per heavy atom. The standard InChI is InChI=1S/C24H14N4S/c1-3-7-17-13-19(11-9-15(17)5-1)21-23-24(28-29-27-23)22(26-25-21)20-12-10-16-6-2-4-8-18(16)14-20/h1-14H. The lowest BCUT2D eigenvalue weighted by Crippen LogP contribution is -1.95. The molecule has 0 aliphatic heterocycles. The maximum absolute atomic E-state index is 4.57. The largest absolute Gasteiger partial charge is 0.170 e. The molecule has 0 bridgehead atoms. The Labute approximate surface area is 170 Å². The van der Waals surface area contributed by atoms with E-state index in [1.807, 2.05) is 24.3 Å². The average Bonchev–Trinajstić information content (AvgIpc) is 3.28. The van der Waals surface area contributed by atoms with Crippen molar-refractivity contribution in [1.82, 2.24) is 18.9 Å². The third-order valence-corrected chi connectivity index (χ3v) is 5.76. The van der Waals surface area contributed by atoms with Gasteiger partial charge in [0.2, 0.25) is 0 Å². The number of fused-ring (bicyclic) bond motifs is 3. The Morgan fingerprint density at radius 2 is 0.931 bits per heavy atom. The fourth-order valence-electron chi connectivity index (χ4n) is 3.76. The summed E-state index contributed by atoms with van der Waals surface area (Å²) in [5.41, 5.74) is 5.12. The molecule has 0 N–H and O–H groups in total. The van der Waals surface area contributed by atoms with Gasteiger partial charge >= 0.3 is 0 Å². The van der Waals surface area contributed by atoms with Crippen molar-refractivity contribution in [2.45, 2.75) is 0 Å². The molecule has 6 rings (SSSR count). The molecule has 29 heavy (non-hydrogen) atoms. The minimum atomic E-state index is 0.768. The quantitative estimate of drug-likeness (QED) is 0.357. The maximum atomic E-state index is 4.57. The van der Waals surface area contributed by atoms with Crippen LogP contribution in [0.1, 0.15) is 0 Å². The smallest absolute Gasteiger partial charge is 0.135 e. The van der Waals surface area contributed by atoms with Gasteiger partial charge in [-0.3, -0.25) is 0 Å². The lowest BCUT2D eigenvalue weighted by atomic mass is 10.0. The van der Waals surface area contributed by atoms with Gasteiger partial charge in [-0.2, -0.15) is 8.75 Å². The van der Waals surface area contributed by atoms with Crippen molar-refractivity contribution in [2.75, 3.05) is 0 Å². The Balaban J connectivity index is 1.54. The molecule has 4 aromatic carbocycles. The summed E-state index contributed by atoms with van der Waals surface area (Å²) in [5, 5.41) is 13.9. The summed E-state index contributed by atoms with van der Waals surface area (Å²) in [7, 11) is 0. The normalized spacial score (nSPS) is 11.4. The summed E-state index contributed by atoms with van der Waals surface area (Å²) in [6, 6.07) is 29.2. The van der Waals surface area contributed by atoms with E-state index < -0.39 is 0 Å². The molecule has 5 heteroatoms. The Bertz CT molecular complexity index is 1410. The Hall–Kier alpha value is -3.70. The van der Waals surface area contributed by atoms with E-state index in [1.165, 1.54) is 33.3 Å². The lowest BCUT2D eigenvalue weighted by Gasteiger charge is -2.07. The monoisotopic (exact) mass is 390 g/mol. The maximum Gasteiger partial charge on any atom is 0.135 e. The van der Waals surface area contributed by atoms with Crippen LogP contribution in [0.5, 0.6) is 0 Å². The van der Waals surface area contributed by atoms with Gasteiger partial charge in [-0.1, -0.05) is 72.8 Å². The van der Waals surface area contributed by atoms with Crippen LogP contribution in [-0.2, 0) is 0 Å². The number of hydrogen-bond donors (Lipinski definition) is 0. The molecule has 4 nitrogen and oxygen atoms in total. The highest BCUT2D eigenvalue weighted by molar-refractivity contribution is 7.00. The van der Waals surface area contributed by atoms with Gasteiger partial charge in [0, 0.05) is 11.1 Å². The molecule has 0 atom stereocenters. The van der Waals surface area contributed by atoms with Crippen molar-refractivity contribution < 1.29 is 0 Å². The van der Waals surface area contributed by atoms with Crippen molar-refractivity contribution in [3.05, 3.63) is 84.9 Å². The molecule has 6 aromatic rings. The number of nitrogens with zero attached hydrogens (tertiary/aromatic N) is 4. The van der Waals surface area contributed by atoms with Gasteiger partial charge in [0.05, 0.1) is 11.7 Å². The fourth-order valence-corrected chi connectivity index (χ4v) is 4.31. The highest BCUT2D eigenvalue weighted by Gasteiger charge is 2.17. The highest BCUT2D eigenvalue weighted by Crippen LogP contribution is 2.33. The van der Waals surface area contributed by atoms with Crippen LogP contribution in [0, 0.1) is 0 Å². The molecule has 0 saturated carbocycles. The first-order valence-corrected chi connectivity index (χ1v) is 10.1. The summed E-state index contributed by atoms with van der Waals surface area (Å²) in [5.74, 6) is 0. The van der Waals surface area contributed by atoms with E-state index in [-0.39, 0.29) is 0 Å². The molecule has 0 saturated heterocycles. The van der Waals surface area contributed by atoms with Crippen molar-refractivity contribution >= 4 is 44.3 Å². The molecule has 0 fully saturated rings. The number of aromatic nitrogens is 4. The van der Waals surface area contributed by atoms with Crippen LogP contribution in [0.2, 0.25) is 0 Å². The van der Waals surface area contributed by atoms with Gasteiger partial charge in [-0.05, 0) is 33.7 Å². The first-order chi connectivity index (χ1) is 14.4. The SMILES string of the molecule is c1ccc2cc(-c3nnc(-c4ccc5ccccc5c4)c4nsnc34)ccc2c1. The van der Waals surface area contributed by atoms with E-state index in [1.54, 1.807) is 0 Å². The van der Waals surface area contributed by atoms with Crippen molar-refractivity contribution in [3.8, 4) is 22.5 Å². The molecule has 0 radical (unpaired) electrons. The first kappa shape index (κ1) is 16.3. The van der Waals surface area contributed by atoms with Crippen LogP contribution in [0.4, 0.5) is 0 Å². The molecule has 2 heterocycles. The van der Waals surface area contributed by atoms with Crippen molar-refractivity contribution in [2.24, 2.45) is 0 Å². The number of rotatable bonds is 2. The molecule has 0 spiro atoms. The topological polar surface area (TPSA) is 51.6 Å². The second-order valence-electron chi connectivity index (χ2n) is 6.98. The minimum absolute atomic E-state index is 0.768. The summed E-state index contributed by atoms with van der Waals surface area (Å²) < 4.78 is 9.10. The predicted octanol–water partition coefficient (Wildman–Crippen LogP) is 6.12. The second kappa shape index (κ2) is 6.43. The zero-order chi connectivity index (χ0) is 19.2. The van der Waals surface area contributed by atoms with E-state index in [4.69, 9.17) is 0 Å². The van der Waals surface area contributed by atoms with Gasteiger partial charge in [0.15, 0.2) is 0 Å².